The van der Waals surface area contributed by atoms with E-state index in [0.29, 0.717) is 11.1 Å². The third kappa shape index (κ3) is 5.00. The van der Waals surface area contributed by atoms with Crippen LogP contribution in [0.3, 0.4) is 0 Å². The number of rotatable bonds is 3. The lowest BCUT2D eigenvalue weighted by Gasteiger charge is -2.39. The van der Waals surface area contributed by atoms with E-state index >= 15 is 0 Å². The lowest BCUT2D eigenvalue weighted by Crippen LogP contribution is -2.32. The van der Waals surface area contributed by atoms with E-state index in [1.807, 2.05) is 60.6 Å². The lowest BCUT2D eigenvalue weighted by atomic mass is 9.67. The Bertz CT molecular complexity index is 4390. The van der Waals surface area contributed by atoms with Gasteiger partial charge in [-0.1, -0.05) is 90.6 Å². The van der Waals surface area contributed by atoms with Crippen molar-refractivity contribution in [2.45, 2.75) is 15.2 Å². The van der Waals surface area contributed by atoms with Crippen LogP contribution in [0.1, 0.15) is 33.4 Å². The molecule has 0 N–H and O–H groups in total. The van der Waals surface area contributed by atoms with E-state index in [1.54, 1.807) is 0 Å². The van der Waals surface area contributed by atoms with Crippen LogP contribution in [-0.4, -0.2) is 23.7 Å². The molecule has 8 heteroatoms. The minimum atomic E-state index is -0.779. The standard InChI is InChI=1S/C61H33N7S/c62-33-36-19-23-54-44(28-36)45-29-37(34-63)20-24-55(45)68(54)40-32-50-60(65-35-40)59-48(14-9-27-64-59)61(50)47-13-4-8-18-57(47)69-58-26-22-39(31-49(58)61)67-53-17-7-3-12-43(53)46-30-38(21-25-56(46)67)66-51-15-5-1-10-41(51)42-11-2-6-16-52(42)66/h1-32,35H. The van der Waals surface area contributed by atoms with Crippen molar-refractivity contribution in [3.8, 4) is 40.6 Å². The molecule has 1 aliphatic carbocycles. The normalized spacial score (nSPS) is 14.6. The van der Waals surface area contributed by atoms with Crippen LogP contribution >= 0.6 is 11.8 Å². The number of nitrogens with zero attached hydrogens (tertiary/aromatic N) is 7. The highest BCUT2D eigenvalue weighted by Crippen LogP contribution is 2.62. The summed E-state index contributed by atoms with van der Waals surface area (Å²) in [5, 5.41) is 26.6. The molecule has 6 heterocycles. The van der Waals surface area contributed by atoms with Crippen molar-refractivity contribution in [1.82, 2.24) is 23.7 Å². The van der Waals surface area contributed by atoms with Gasteiger partial charge in [-0.15, -0.1) is 0 Å². The number of pyridine rings is 2. The van der Waals surface area contributed by atoms with Gasteiger partial charge in [0.25, 0.3) is 0 Å². The van der Waals surface area contributed by atoms with Crippen LogP contribution in [0.5, 0.6) is 0 Å². The predicted molar refractivity (Wildman–Crippen MR) is 276 cm³/mol. The highest BCUT2D eigenvalue weighted by atomic mass is 32.2. The molecule has 1 unspecified atom stereocenters. The Labute approximate surface area is 399 Å². The minimum Gasteiger partial charge on any atom is -0.309 e. The fraction of sp³-hybridized carbons (Fsp3) is 0.0164. The summed E-state index contributed by atoms with van der Waals surface area (Å²) in [6.07, 6.45) is 3.81. The van der Waals surface area contributed by atoms with Crippen LogP contribution in [0, 0.1) is 22.7 Å². The van der Waals surface area contributed by atoms with Crippen molar-refractivity contribution in [1.29, 1.82) is 10.5 Å². The molecular formula is C61H33N7S. The topological polar surface area (TPSA) is 88.2 Å². The van der Waals surface area contributed by atoms with Crippen molar-refractivity contribution >= 4 is 77.2 Å². The third-order valence-electron chi connectivity index (χ3n) is 14.6. The molecule has 15 rings (SSSR count). The quantitative estimate of drug-likeness (QED) is 0.176. The maximum Gasteiger partial charge on any atom is 0.0991 e. The second-order valence-electron chi connectivity index (χ2n) is 18.0. The minimum absolute atomic E-state index is 0.562. The smallest absolute Gasteiger partial charge is 0.0991 e. The summed E-state index contributed by atoms with van der Waals surface area (Å²) < 4.78 is 7.04. The molecule has 0 radical (unpaired) electrons. The number of fused-ring (bicyclic) bond motifs is 18. The molecule has 5 aromatic heterocycles. The molecule has 2 aliphatic rings. The van der Waals surface area contributed by atoms with Gasteiger partial charge in [0.15, 0.2) is 0 Å². The summed E-state index contributed by atoms with van der Waals surface area (Å²) in [6.45, 7) is 0. The predicted octanol–water partition coefficient (Wildman–Crippen LogP) is 14.3. The van der Waals surface area contributed by atoms with Gasteiger partial charge in [0.05, 0.1) is 85.1 Å². The summed E-state index contributed by atoms with van der Waals surface area (Å²) in [5.74, 6) is 0. The number of nitriles is 2. The molecule has 13 aromatic rings. The molecular weight excluding hydrogens is 863 g/mol. The van der Waals surface area contributed by atoms with Gasteiger partial charge in [0.2, 0.25) is 0 Å². The first-order valence-corrected chi connectivity index (χ1v) is 23.7. The summed E-state index contributed by atoms with van der Waals surface area (Å²) in [4.78, 5) is 12.8. The van der Waals surface area contributed by atoms with E-state index in [1.165, 1.54) is 53.5 Å². The van der Waals surface area contributed by atoms with Crippen molar-refractivity contribution in [2.75, 3.05) is 0 Å². The van der Waals surface area contributed by atoms with Gasteiger partial charge in [-0.05, 0) is 126 Å². The Morgan fingerprint density at radius 1 is 0.377 bits per heavy atom. The van der Waals surface area contributed by atoms with Crippen LogP contribution in [0.4, 0.5) is 0 Å². The summed E-state index contributed by atoms with van der Waals surface area (Å²) >= 11 is 1.81. The first-order valence-electron chi connectivity index (χ1n) is 22.9. The number of benzene rings is 8. The lowest BCUT2D eigenvalue weighted by molar-refractivity contribution is 0.717. The van der Waals surface area contributed by atoms with Gasteiger partial charge in [0.1, 0.15) is 0 Å². The molecule has 0 saturated carbocycles. The molecule has 0 bridgehead atoms. The highest BCUT2D eigenvalue weighted by molar-refractivity contribution is 7.99. The zero-order chi connectivity index (χ0) is 45.5. The Kier molecular flexibility index (Phi) is 7.65. The van der Waals surface area contributed by atoms with Crippen molar-refractivity contribution in [3.63, 3.8) is 0 Å². The fourth-order valence-electron chi connectivity index (χ4n) is 11.9. The van der Waals surface area contributed by atoms with E-state index in [4.69, 9.17) is 9.97 Å². The maximum atomic E-state index is 9.95. The van der Waals surface area contributed by atoms with Gasteiger partial charge in [-0.2, -0.15) is 10.5 Å². The first-order chi connectivity index (χ1) is 34.1. The number of para-hydroxylation sites is 3. The van der Waals surface area contributed by atoms with Crippen LogP contribution in [0.15, 0.2) is 210 Å². The molecule has 0 fully saturated rings. The van der Waals surface area contributed by atoms with E-state index in [-0.39, 0.29) is 0 Å². The van der Waals surface area contributed by atoms with Crippen molar-refractivity contribution in [3.05, 3.63) is 234 Å². The van der Waals surface area contributed by atoms with E-state index in [2.05, 4.69) is 177 Å². The van der Waals surface area contributed by atoms with E-state index in [0.717, 1.165) is 72.4 Å². The number of hydrogen-bond acceptors (Lipinski definition) is 5. The number of aromatic nitrogens is 5. The molecule has 0 saturated heterocycles. The van der Waals surface area contributed by atoms with Crippen LogP contribution in [-0.2, 0) is 5.41 Å². The van der Waals surface area contributed by atoms with Crippen LogP contribution in [0.25, 0.3) is 93.9 Å². The third-order valence-corrected chi connectivity index (χ3v) is 15.8. The Morgan fingerprint density at radius 2 is 0.855 bits per heavy atom. The second-order valence-corrected chi connectivity index (χ2v) is 19.0. The van der Waals surface area contributed by atoms with Gasteiger partial charge < -0.3 is 13.7 Å². The highest BCUT2D eigenvalue weighted by Gasteiger charge is 2.52. The molecule has 1 spiro atoms. The summed E-state index contributed by atoms with van der Waals surface area (Å²) in [5.41, 5.74) is 16.1. The number of hydrogen-bond donors (Lipinski definition) is 0. The summed E-state index contributed by atoms with van der Waals surface area (Å²) in [7, 11) is 0. The monoisotopic (exact) mass is 895 g/mol. The first kappa shape index (κ1) is 38.0. The Hall–Kier alpha value is -9.21. The van der Waals surface area contributed by atoms with Crippen LogP contribution in [0.2, 0.25) is 0 Å². The average molecular weight is 896 g/mol. The van der Waals surface area contributed by atoms with Gasteiger partial charge in [0, 0.05) is 65.2 Å². The largest absolute Gasteiger partial charge is 0.309 e. The molecule has 1 aliphatic heterocycles. The fourth-order valence-corrected chi connectivity index (χ4v) is 13.0. The zero-order valence-electron chi connectivity index (χ0n) is 36.6. The van der Waals surface area contributed by atoms with E-state index in [9.17, 15) is 10.5 Å². The molecule has 8 aromatic carbocycles. The van der Waals surface area contributed by atoms with Crippen molar-refractivity contribution in [2.24, 2.45) is 0 Å². The zero-order valence-corrected chi connectivity index (χ0v) is 37.4. The molecule has 318 valence electrons. The Balaban J connectivity index is 0.988. The van der Waals surface area contributed by atoms with Gasteiger partial charge >= 0.3 is 0 Å². The van der Waals surface area contributed by atoms with Gasteiger partial charge in [-0.3, -0.25) is 9.97 Å². The Morgan fingerprint density at radius 3 is 1.52 bits per heavy atom. The van der Waals surface area contributed by atoms with E-state index < -0.39 is 5.41 Å². The second kappa shape index (κ2) is 13.9. The maximum absolute atomic E-state index is 9.95. The molecule has 0 amide bonds. The molecule has 1 atom stereocenters. The SMILES string of the molecule is N#Cc1ccc2c(c1)c1cc(C#N)ccc1n2-c1cnc2c(c1)C1(c3ccccc3Sc3ccc(-n4c5ccccc5c5cc(-n6c7ccccc7c7ccccc76)ccc54)cc31)c1cccnc1-2. The van der Waals surface area contributed by atoms with Crippen molar-refractivity contribution < 1.29 is 0 Å². The summed E-state index contributed by atoms with van der Waals surface area (Å²) in [6, 6.07) is 71.6. The molecule has 7 nitrogen and oxygen atoms in total. The van der Waals surface area contributed by atoms with Gasteiger partial charge in [-0.25, -0.2) is 0 Å². The molecule has 69 heavy (non-hydrogen) atoms. The van der Waals surface area contributed by atoms with Crippen LogP contribution < -0.4 is 0 Å². The average Bonchev–Trinajstić information content (AvgIpc) is 4.12.